The summed E-state index contributed by atoms with van der Waals surface area (Å²) >= 11 is 3.75. The van der Waals surface area contributed by atoms with E-state index in [1.54, 1.807) is 0 Å². The van der Waals surface area contributed by atoms with Crippen LogP contribution in [0, 0.1) is 13.8 Å². The Morgan fingerprint density at radius 3 is 2.67 bits per heavy atom. The van der Waals surface area contributed by atoms with Gasteiger partial charge in [0.2, 0.25) is 0 Å². The summed E-state index contributed by atoms with van der Waals surface area (Å²) in [6.07, 6.45) is 1.15. The lowest BCUT2D eigenvalue weighted by molar-refractivity contribution is 0.603. The average molecular weight is 316 g/mol. The first kappa shape index (κ1) is 14.8. The van der Waals surface area contributed by atoms with Crippen LogP contribution in [0.3, 0.4) is 0 Å². The van der Waals surface area contributed by atoms with Crippen LogP contribution in [0.25, 0.3) is 9.40 Å². The molecule has 1 nitrogen and oxygen atoms in total. The summed E-state index contributed by atoms with van der Waals surface area (Å²) in [5.41, 5.74) is 4.11. The highest BCUT2D eigenvalue weighted by atomic mass is 32.1. The summed E-state index contributed by atoms with van der Waals surface area (Å²) in [5, 5.41) is 5.91. The topological polar surface area (TPSA) is 12.0 Å². The van der Waals surface area contributed by atoms with Crippen LogP contribution < -0.4 is 5.32 Å². The first-order valence-electron chi connectivity index (χ1n) is 7.46. The molecule has 0 saturated carbocycles. The summed E-state index contributed by atoms with van der Waals surface area (Å²) in [5.74, 6) is 0. The fourth-order valence-corrected chi connectivity index (χ4v) is 4.94. The van der Waals surface area contributed by atoms with Crippen LogP contribution in [-0.2, 0) is 0 Å². The highest BCUT2D eigenvalue weighted by Gasteiger charge is 2.18. The van der Waals surface area contributed by atoms with Crippen molar-refractivity contribution in [1.82, 2.24) is 5.32 Å². The minimum atomic E-state index is 0.315. The van der Waals surface area contributed by atoms with E-state index in [4.69, 9.17) is 0 Å². The summed E-state index contributed by atoms with van der Waals surface area (Å²) in [6, 6.07) is 11.7. The van der Waals surface area contributed by atoms with Crippen molar-refractivity contribution < 1.29 is 0 Å². The lowest BCUT2D eigenvalue weighted by Crippen LogP contribution is -2.23. The van der Waals surface area contributed by atoms with Gasteiger partial charge in [-0.05, 0) is 55.5 Å². The lowest BCUT2D eigenvalue weighted by Gasteiger charge is -2.20. The molecule has 1 aromatic carbocycles. The first-order chi connectivity index (χ1) is 10.2. The van der Waals surface area contributed by atoms with E-state index in [0.29, 0.717) is 6.04 Å². The van der Waals surface area contributed by atoms with Gasteiger partial charge in [-0.2, -0.15) is 0 Å². The summed E-state index contributed by atoms with van der Waals surface area (Å²) < 4.78 is 2.81. The van der Waals surface area contributed by atoms with E-state index in [9.17, 15) is 0 Å². The minimum Gasteiger partial charge on any atom is -0.306 e. The zero-order valence-electron chi connectivity index (χ0n) is 12.8. The molecule has 0 saturated heterocycles. The molecule has 1 unspecified atom stereocenters. The molecule has 0 amide bonds. The molecule has 0 aliphatic rings. The van der Waals surface area contributed by atoms with Gasteiger partial charge in [-0.15, -0.1) is 22.7 Å². The Balaban J connectivity index is 2.02. The van der Waals surface area contributed by atoms with Gasteiger partial charge < -0.3 is 5.32 Å². The normalized spacial score (nSPS) is 12.9. The Bertz CT molecular complexity index is 710. The maximum atomic E-state index is 3.73. The zero-order chi connectivity index (χ0) is 14.8. The Morgan fingerprint density at radius 2 is 1.95 bits per heavy atom. The number of rotatable bonds is 5. The molecule has 0 fully saturated rings. The average Bonchev–Trinajstić information content (AvgIpc) is 3.02. The van der Waals surface area contributed by atoms with E-state index in [2.05, 4.69) is 61.8 Å². The second-order valence-corrected chi connectivity index (χ2v) is 7.61. The quantitative estimate of drug-likeness (QED) is 0.640. The number of hydrogen-bond acceptors (Lipinski definition) is 3. The third kappa shape index (κ3) is 3.05. The van der Waals surface area contributed by atoms with Crippen LogP contribution in [0.15, 0.2) is 35.7 Å². The molecule has 110 valence electrons. The Labute approximate surface area is 134 Å². The summed E-state index contributed by atoms with van der Waals surface area (Å²) in [4.78, 5) is 1.43. The molecule has 0 bridgehead atoms. The van der Waals surface area contributed by atoms with Gasteiger partial charge in [-0.25, -0.2) is 0 Å². The molecule has 3 rings (SSSR count). The van der Waals surface area contributed by atoms with Crippen LogP contribution in [0.5, 0.6) is 0 Å². The molecule has 0 spiro atoms. The third-order valence-electron chi connectivity index (χ3n) is 3.78. The van der Waals surface area contributed by atoms with Gasteiger partial charge in [0.25, 0.3) is 0 Å². The van der Waals surface area contributed by atoms with Crippen molar-refractivity contribution in [1.29, 1.82) is 0 Å². The maximum Gasteiger partial charge on any atom is 0.0674 e. The van der Waals surface area contributed by atoms with E-state index < -0.39 is 0 Å². The van der Waals surface area contributed by atoms with Crippen molar-refractivity contribution in [3.05, 3.63) is 57.3 Å². The van der Waals surface area contributed by atoms with Crippen LogP contribution in [0.4, 0.5) is 0 Å². The van der Waals surface area contributed by atoms with E-state index >= 15 is 0 Å². The molecule has 2 aromatic heterocycles. The van der Waals surface area contributed by atoms with E-state index in [1.807, 2.05) is 22.7 Å². The smallest absolute Gasteiger partial charge is 0.0674 e. The SMILES string of the molecule is CCCNC(c1cc2sccc2s1)c1ccc(C)cc1C. The Hall–Kier alpha value is -1.16. The van der Waals surface area contributed by atoms with Crippen molar-refractivity contribution in [2.24, 2.45) is 0 Å². The molecule has 0 aliphatic heterocycles. The van der Waals surface area contributed by atoms with Crippen molar-refractivity contribution in [3.8, 4) is 0 Å². The Kier molecular flexibility index (Phi) is 4.43. The number of thiophene rings is 2. The van der Waals surface area contributed by atoms with Crippen LogP contribution in [0.1, 0.15) is 41.0 Å². The minimum absolute atomic E-state index is 0.315. The molecule has 1 N–H and O–H groups in total. The molecule has 21 heavy (non-hydrogen) atoms. The number of aryl methyl sites for hydroxylation is 2. The van der Waals surface area contributed by atoms with Crippen molar-refractivity contribution >= 4 is 32.1 Å². The van der Waals surface area contributed by atoms with E-state index in [0.717, 1.165) is 13.0 Å². The molecule has 0 aliphatic carbocycles. The fraction of sp³-hybridized carbons (Fsp3) is 0.333. The highest BCUT2D eigenvalue weighted by Crippen LogP contribution is 2.36. The van der Waals surface area contributed by atoms with Crippen LogP contribution >= 0.6 is 22.7 Å². The molecular formula is C18H21NS2. The molecule has 3 heteroatoms. The predicted molar refractivity (Wildman–Crippen MR) is 95.8 cm³/mol. The zero-order valence-corrected chi connectivity index (χ0v) is 14.4. The second-order valence-electron chi connectivity index (χ2n) is 5.55. The largest absolute Gasteiger partial charge is 0.306 e. The van der Waals surface area contributed by atoms with Crippen LogP contribution in [-0.4, -0.2) is 6.54 Å². The number of nitrogens with one attached hydrogen (secondary N) is 1. The van der Waals surface area contributed by atoms with Crippen LogP contribution in [0.2, 0.25) is 0 Å². The summed E-state index contributed by atoms with van der Waals surface area (Å²) in [6.45, 7) is 7.65. The van der Waals surface area contributed by atoms with E-state index in [1.165, 1.54) is 31.0 Å². The highest BCUT2D eigenvalue weighted by molar-refractivity contribution is 7.27. The van der Waals surface area contributed by atoms with Gasteiger partial charge >= 0.3 is 0 Å². The molecule has 0 radical (unpaired) electrons. The van der Waals surface area contributed by atoms with Gasteiger partial charge in [0, 0.05) is 14.3 Å². The standard InChI is InChI=1S/C18H21NS2/c1-4-8-19-18(14-6-5-12(2)10-13(14)3)17-11-16-15(21-17)7-9-20-16/h5-7,9-11,18-19H,4,8H2,1-3H3. The van der Waals surface area contributed by atoms with Gasteiger partial charge in [0.1, 0.15) is 0 Å². The van der Waals surface area contributed by atoms with Crippen molar-refractivity contribution in [2.45, 2.75) is 33.2 Å². The summed E-state index contributed by atoms with van der Waals surface area (Å²) in [7, 11) is 0. The van der Waals surface area contributed by atoms with Gasteiger partial charge in [0.05, 0.1) is 6.04 Å². The van der Waals surface area contributed by atoms with E-state index in [-0.39, 0.29) is 0 Å². The third-order valence-corrected chi connectivity index (χ3v) is 5.94. The fourth-order valence-electron chi connectivity index (χ4n) is 2.73. The van der Waals surface area contributed by atoms with Crippen molar-refractivity contribution in [2.75, 3.05) is 6.54 Å². The van der Waals surface area contributed by atoms with Gasteiger partial charge in [-0.1, -0.05) is 30.7 Å². The molecule has 1 atom stereocenters. The van der Waals surface area contributed by atoms with Gasteiger partial charge in [0.15, 0.2) is 0 Å². The lowest BCUT2D eigenvalue weighted by atomic mass is 9.98. The number of benzene rings is 1. The molecule has 2 heterocycles. The molecule has 3 aromatic rings. The number of fused-ring (bicyclic) bond motifs is 1. The molecular weight excluding hydrogens is 294 g/mol. The first-order valence-corrected chi connectivity index (χ1v) is 9.16. The predicted octanol–water partition coefficient (Wildman–Crippen LogP) is 5.67. The van der Waals surface area contributed by atoms with Gasteiger partial charge in [-0.3, -0.25) is 0 Å². The monoisotopic (exact) mass is 315 g/mol. The number of hydrogen-bond donors (Lipinski definition) is 1. The second kappa shape index (κ2) is 6.30. The van der Waals surface area contributed by atoms with Crippen molar-refractivity contribution in [3.63, 3.8) is 0 Å². The Morgan fingerprint density at radius 1 is 1.10 bits per heavy atom. The maximum absolute atomic E-state index is 3.73.